The van der Waals surface area contributed by atoms with Crippen molar-refractivity contribution in [2.45, 2.75) is 12.3 Å². The van der Waals surface area contributed by atoms with Gasteiger partial charge in [0.1, 0.15) is 0 Å². The zero-order chi connectivity index (χ0) is 43.3. The highest BCUT2D eigenvalue weighted by atomic mass is 15.1. The first-order valence-corrected chi connectivity index (χ1v) is 22.6. The molecule has 0 spiro atoms. The van der Waals surface area contributed by atoms with Gasteiger partial charge >= 0.3 is 0 Å². The van der Waals surface area contributed by atoms with Gasteiger partial charge in [0, 0.05) is 22.5 Å². The second kappa shape index (κ2) is 15.8. The fraction of sp³-hybridized carbons (Fsp3) is 0.0312. The van der Waals surface area contributed by atoms with Crippen LogP contribution < -0.4 is 4.90 Å². The molecule has 0 fully saturated rings. The summed E-state index contributed by atoms with van der Waals surface area (Å²) >= 11 is 0. The first-order valence-electron chi connectivity index (χ1n) is 22.6. The molecular formula is C64H45N. The molecule has 0 saturated carbocycles. The summed E-state index contributed by atoms with van der Waals surface area (Å²) in [5.41, 5.74) is 19.3. The summed E-state index contributed by atoms with van der Waals surface area (Å²) in [4.78, 5) is 2.41. The van der Waals surface area contributed by atoms with E-state index in [2.05, 4.69) is 267 Å². The van der Waals surface area contributed by atoms with E-state index in [1.54, 1.807) is 0 Å². The van der Waals surface area contributed by atoms with E-state index < -0.39 is 0 Å². The highest BCUT2D eigenvalue weighted by Gasteiger charge is 2.40. The Morgan fingerprint density at radius 1 is 0.277 bits per heavy atom. The summed E-state index contributed by atoms with van der Waals surface area (Å²) in [7, 11) is 0. The number of rotatable bonds is 8. The van der Waals surface area contributed by atoms with Crippen molar-refractivity contribution < 1.29 is 0 Å². The van der Waals surface area contributed by atoms with Crippen molar-refractivity contribution in [3.63, 3.8) is 0 Å². The summed E-state index contributed by atoms with van der Waals surface area (Å²) in [6.07, 6.45) is 0. The average Bonchev–Trinajstić information content (AvgIpc) is 3.65. The molecule has 12 rings (SSSR count). The molecule has 1 atom stereocenters. The minimum absolute atomic E-state index is 0.260. The van der Waals surface area contributed by atoms with E-state index >= 15 is 0 Å². The molecule has 0 saturated heterocycles. The Morgan fingerprint density at radius 3 is 1.34 bits per heavy atom. The summed E-state index contributed by atoms with van der Waals surface area (Å²) in [5, 5.41) is 5.03. The highest BCUT2D eigenvalue weighted by molar-refractivity contribution is 6.22. The van der Waals surface area contributed by atoms with E-state index in [1.807, 2.05) is 0 Å². The van der Waals surface area contributed by atoms with Crippen LogP contribution in [0.1, 0.15) is 23.6 Å². The second-order valence-corrected chi connectivity index (χ2v) is 17.3. The van der Waals surface area contributed by atoms with Gasteiger partial charge in [0.15, 0.2) is 0 Å². The number of hydrogen-bond donors (Lipinski definition) is 0. The lowest BCUT2D eigenvalue weighted by atomic mass is 9.74. The van der Waals surface area contributed by atoms with Crippen LogP contribution in [0.3, 0.4) is 0 Å². The lowest BCUT2D eigenvalue weighted by Gasteiger charge is -2.29. The molecule has 0 N–H and O–H groups in total. The lowest BCUT2D eigenvalue weighted by molar-refractivity contribution is 0.714. The summed E-state index contributed by atoms with van der Waals surface area (Å²) in [6, 6.07) is 93.4. The normalized spacial score (nSPS) is 14.0. The molecule has 0 amide bonds. The van der Waals surface area contributed by atoms with Crippen LogP contribution in [0.25, 0.3) is 77.2 Å². The van der Waals surface area contributed by atoms with E-state index in [1.165, 1.54) is 93.9 Å². The van der Waals surface area contributed by atoms with Gasteiger partial charge in [-0.05, 0) is 143 Å². The lowest BCUT2D eigenvalue weighted by Crippen LogP contribution is -2.22. The fourth-order valence-corrected chi connectivity index (χ4v) is 10.6. The molecule has 1 aliphatic rings. The number of fused-ring (bicyclic) bond motifs is 6. The van der Waals surface area contributed by atoms with Gasteiger partial charge in [0.2, 0.25) is 0 Å². The van der Waals surface area contributed by atoms with Gasteiger partial charge in [0.25, 0.3) is 0 Å². The predicted molar refractivity (Wildman–Crippen MR) is 275 cm³/mol. The smallest absolute Gasteiger partial charge is 0.0468 e. The fourth-order valence-electron chi connectivity index (χ4n) is 10.6. The van der Waals surface area contributed by atoms with Crippen LogP contribution in [0.4, 0.5) is 17.1 Å². The molecule has 0 aliphatic heterocycles. The molecule has 1 heteroatoms. The Morgan fingerprint density at radius 2 is 0.708 bits per heavy atom. The van der Waals surface area contributed by atoms with Gasteiger partial charge in [-0.1, -0.05) is 212 Å². The molecule has 306 valence electrons. The first-order chi connectivity index (χ1) is 32.1. The molecule has 0 radical (unpaired) electrons. The van der Waals surface area contributed by atoms with Crippen LogP contribution in [-0.2, 0) is 5.41 Å². The largest absolute Gasteiger partial charge is 0.310 e. The first kappa shape index (κ1) is 38.4. The monoisotopic (exact) mass is 827 g/mol. The van der Waals surface area contributed by atoms with Gasteiger partial charge < -0.3 is 4.90 Å². The van der Waals surface area contributed by atoms with Crippen LogP contribution in [0.2, 0.25) is 0 Å². The van der Waals surface area contributed by atoms with Crippen molar-refractivity contribution in [2.24, 2.45) is 0 Å². The quantitative estimate of drug-likeness (QED) is 0.138. The van der Waals surface area contributed by atoms with Gasteiger partial charge in [-0.2, -0.15) is 0 Å². The van der Waals surface area contributed by atoms with Crippen molar-refractivity contribution in [1.29, 1.82) is 0 Å². The van der Waals surface area contributed by atoms with Crippen molar-refractivity contribution in [3.8, 4) is 55.6 Å². The van der Waals surface area contributed by atoms with E-state index in [9.17, 15) is 0 Å². The molecule has 0 heterocycles. The van der Waals surface area contributed by atoms with Crippen molar-refractivity contribution in [3.05, 3.63) is 271 Å². The van der Waals surface area contributed by atoms with Gasteiger partial charge in [0.05, 0.1) is 0 Å². The van der Waals surface area contributed by atoms with E-state index in [0.717, 1.165) is 17.1 Å². The third kappa shape index (κ3) is 6.47. The van der Waals surface area contributed by atoms with Crippen molar-refractivity contribution >= 4 is 38.6 Å². The Labute approximate surface area is 381 Å². The minimum atomic E-state index is -0.260. The summed E-state index contributed by atoms with van der Waals surface area (Å²) in [5.74, 6) is 0. The maximum Gasteiger partial charge on any atom is 0.0468 e. The number of anilines is 3. The Bertz CT molecular complexity index is 3500. The molecule has 11 aromatic carbocycles. The van der Waals surface area contributed by atoms with E-state index in [-0.39, 0.29) is 5.41 Å². The van der Waals surface area contributed by atoms with Crippen LogP contribution in [-0.4, -0.2) is 0 Å². The minimum Gasteiger partial charge on any atom is -0.310 e. The second-order valence-electron chi connectivity index (χ2n) is 17.3. The number of nitrogens with zero attached hydrogens (tertiary/aromatic N) is 1. The standard InChI is InChI=1S/C64H45N/c1-64(50-24-12-5-13-25-50)60-29-17-16-27-56(60)58-43-53(39-41-61(58)64)65(51-35-30-45(31-36-51)44-18-6-2-7-19-44)52-37-32-46(33-38-52)49-34-40-55-54-26-14-15-28-57(54)62(47-20-8-3-9-21-47)63(59(55)42-49)48-22-10-4-11-23-48/h2-43H,1H3. The van der Waals surface area contributed by atoms with Gasteiger partial charge in [-0.25, -0.2) is 0 Å². The molecule has 1 nitrogen and oxygen atoms in total. The van der Waals surface area contributed by atoms with Crippen LogP contribution in [0.5, 0.6) is 0 Å². The summed E-state index contributed by atoms with van der Waals surface area (Å²) < 4.78 is 0. The molecule has 65 heavy (non-hydrogen) atoms. The topological polar surface area (TPSA) is 3.24 Å². The Hall–Kier alpha value is -8.26. The Kier molecular flexibility index (Phi) is 9.35. The van der Waals surface area contributed by atoms with Crippen LogP contribution in [0, 0.1) is 0 Å². The molecule has 0 bridgehead atoms. The maximum atomic E-state index is 2.41. The van der Waals surface area contributed by atoms with Gasteiger partial charge in [-0.3, -0.25) is 0 Å². The SMILES string of the molecule is CC1(c2ccccc2)c2ccccc2-c2cc(N(c3ccc(-c4ccccc4)cc3)c3ccc(-c4ccc5c(c4)c(-c4ccccc4)c(-c4ccccc4)c4ccccc45)cc3)ccc21. The predicted octanol–water partition coefficient (Wildman–Crippen LogP) is 17.5. The molecule has 11 aromatic rings. The number of hydrogen-bond acceptors (Lipinski definition) is 1. The molecule has 1 unspecified atom stereocenters. The van der Waals surface area contributed by atoms with Crippen LogP contribution >= 0.6 is 0 Å². The van der Waals surface area contributed by atoms with Gasteiger partial charge in [-0.15, -0.1) is 0 Å². The third-order valence-electron chi connectivity index (χ3n) is 13.7. The van der Waals surface area contributed by atoms with Crippen molar-refractivity contribution in [2.75, 3.05) is 4.90 Å². The van der Waals surface area contributed by atoms with Crippen LogP contribution in [0.15, 0.2) is 255 Å². The van der Waals surface area contributed by atoms with Crippen molar-refractivity contribution in [1.82, 2.24) is 0 Å². The third-order valence-corrected chi connectivity index (χ3v) is 13.7. The zero-order valence-electron chi connectivity index (χ0n) is 36.2. The molecular weight excluding hydrogens is 783 g/mol. The zero-order valence-corrected chi connectivity index (χ0v) is 36.2. The van der Waals surface area contributed by atoms with E-state index in [4.69, 9.17) is 0 Å². The average molecular weight is 828 g/mol. The molecule has 0 aromatic heterocycles. The van der Waals surface area contributed by atoms with E-state index in [0.29, 0.717) is 0 Å². The maximum absolute atomic E-state index is 2.41. The Balaban J connectivity index is 1.00. The number of benzene rings is 11. The highest BCUT2D eigenvalue weighted by Crippen LogP contribution is 2.54. The molecule has 1 aliphatic carbocycles. The summed E-state index contributed by atoms with van der Waals surface area (Å²) in [6.45, 7) is 2.38.